The van der Waals surface area contributed by atoms with Crippen molar-refractivity contribution in [1.82, 2.24) is 10.6 Å². The van der Waals surface area contributed by atoms with Crippen LogP contribution in [0.1, 0.15) is 23.5 Å². The van der Waals surface area contributed by atoms with Crippen LogP contribution in [0.3, 0.4) is 0 Å². The second-order valence-corrected chi connectivity index (χ2v) is 6.34. The number of halogens is 2. The predicted molar refractivity (Wildman–Crippen MR) is 117 cm³/mol. The fourth-order valence-corrected chi connectivity index (χ4v) is 3.15. The van der Waals surface area contributed by atoms with Crippen LogP contribution in [-0.2, 0) is 11.3 Å². The molecule has 138 valence electrons. The van der Waals surface area contributed by atoms with E-state index in [0.29, 0.717) is 25.5 Å². The SMILES string of the molecule is CN=C(NCc1ccccc1Cl)NCC1CC(=O)Nc2ccccc21.I. The zero-order chi connectivity index (χ0) is 17.6. The van der Waals surface area contributed by atoms with Crippen molar-refractivity contribution >= 4 is 53.1 Å². The summed E-state index contributed by atoms with van der Waals surface area (Å²) in [5, 5.41) is 10.2. The van der Waals surface area contributed by atoms with Crippen molar-refractivity contribution in [2.75, 3.05) is 18.9 Å². The third-order valence-electron chi connectivity index (χ3n) is 4.25. The van der Waals surface area contributed by atoms with E-state index in [4.69, 9.17) is 11.6 Å². The summed E-state index contributed by atoms with van der Waals surface area (Å²) in [6, 6.07) is 15.6. The van der Waals surface area contributed by atoms with Gasteiger partial charge in [-0.3, -0.25) is 9.79 Å². The average Bonchev–Trinajstić information content (AvgIpc) is 2.62. The van der Waals surface area contributed by atoms with Crippen LogP contribution in [0, 0.1) is 0 Å². The Morgan fingerprint density at radius 1 is 1.19 bits per heavy atom. The van der Waals surface area contributed by atoms with Crippen molar-refractivity contribution in [2.24, 2.45) is 4.99 Å². The number of carbonyl (C=O) groups is 1. The zero-order valence-corrected chi connectivity index (χ0v) is 17.5. The molecule has 1 aliphatic rings. The van der Waals surface area contributed by atoms with Gasteiger partial charge in [-0.2, -0.15) is 0 Å². The molecule has 2 aromatic rings. The highest BCUT2D eigenvalue weighted by atomic mass is 127. The van der Waals surface area contributed by atoms with Gasteiger partial charge < -0.3 is 16.0 Å². The summed E-state index contributed by atoms with van der Waals surface area (Å²) >= 11 is 6.18. The predicted octanol–water partition coefficient (Wildman–Crippen LogP) is 3.75. The monoisotopic (exact) mass is 484 g/mol. The molecular weight excluding hydrogens is 463 g/mol. The molecule has 0 aliphatic carbocycles. The molecule has 0 saturated heterocycles. The molecule has 0 saturated carbocycles. The first-order chi connectivity index (χ1) is 12.2. The quantitative estimate of drug-likeness (QED) is 0.352. The highest BCUT2D eigenvalue weighted by Gasteiger charge is 2.24. The van der Waals surface area contributed by atoms with Crippen LogP contribution in [0.25, 0.3) is 0 Å². The van der Waals surface area contributed by atoms with Crippen LogP contribution in [0.4, 0.5) is 5.69 Å². The normalized spacial score (nSPS) is 16.2. The maximum absolute atomic E-state index is 11.9. The Bertz CT molecular complexity index is 797. The number of carbonyl (C=O) groups excluding carboxylic acids is 1. The molecule has 0 bridgehead atoms. The first-order valence-electron chi connectivity index (χ1n) is 8.24. The maximum Gasteiger partial charge on any atom is 0.225 e. The Hall–Kier alpha value is -1.80. The third kappa shape index (κ3) is 5.11. The van der Waals surface area contributed by atoms with E-state index in [1.54, 1.807) is 7.05 Å². The molecule has 1 heterocycles. The Morgan fingerprint density at radius 2 is 1.92 bits per heavy atom. The van der Waals surface area contributed by atoms with Gasteiger partial charge in [0.05, 0.1) is 0 Å². The lowest BCUT2D eigenvalue weighted by Gasteiger charge is -2.26. The molecule has 7 heteroatoms. The topological polar surface area (TPSA) is 65.5 Å². The van der Waals surface area contributed by atoms with E-state index in [1.807, 2.05) is 42.5 Å². The molecular formula is C19H22ClIN4O. The summed E-state index contributed by atoms with van der Waals surface area (Å²) < 4.78 is 0. The van der Waals surface area contributed by atoms with Gasteiger partial charge in [0, 0.05) is 43.2 Å². The number of nitrogens with one attached hydrogen (secondary N) is 3. The molecule has 26 heavy (non-hydrogen) atoms. The van der Waals surface area contributed by atoms with E-state index >= 15 is 0 Å². The Kier molecular flexibility index (Phi) is 7.71. The molecule has 2 aromatic carbocycles. The van der Waals surface area contributed by atoms with Crippen LogP contribution in [0.15, 0.2) is 53.5 Å². The van der Waals surface area contributed by atoms with Gasteiger partial charge in [-0.25, -0.2) is 0 Å². The lowest BCUT2D eigenvalue weighted by atomic mass is 9.90. The first-order valence-corrected chi connectivity index (χ1v) is 8.62. The number of amides is 1. The standard InChI is InChI=1S/C19H21ClN4O.HI/c1-21-19(22-11-13-6-2-4-8-16(13)20)23-12-14-10-18(25)24-17-9-5-3-7-15(14)17;/h2-9,14H,10-12H2,1H3,(H,24,25)(H2,21,22,23);1H. The van der Waals surface area contributed by atoms with Gasteiger partial charge in [-0.05, 0) is 23.3 Å². The smallest absolute Gasteiger partial charge is 0.225 e. The summed E-state index contributed by atoms with van der Waals surface area (Å²) in [4.78, 5) is 16.1. The lowest BCUT2D eigenvalue weighted by Crippen LogP contribution is -2.40. The summed E-state index contributed by atoms with van der Waals surface area (Å²) in [5.41, 5.74) is 3.05. The summed E-state index contributed by atoms with van der Waals surface area (Å²) in [6.45, 7) is 1.22. The Balaban J connectivity index is 0.00000243. The van der Waals surface area contributed by atoms with Gasteiger partial charge in [-0.15, -0.1) is 24.0 Å². The minimum Gasteiger partial charge on any atom is -0.356 e. The molecule has 0 radical (unpaired) electrons. The number of nitrogens with zero attached hydrogens (tertiary/aromatic N) is 1. The van der Waals surface area contributed by atoms with E-state index in [2.05, 4.69) is 27.0 Å². The van der Waals surface area contributed by atoms with Crippen molar-refractivity contribution in [1.29, 1.82) is 0 Å². The number of anilines is 1. The molecule has 3 rings (SSSR count). The molecule has 0 spiro atoms. The molecule has 3 N–H and O–H groups in total. The largest absolute Gasteiger partial charge is 0.356 e. The fraction of sp³-hybridized carbons (Fsp3) is 0.263. The molecule has 1 unspecified atom stereocenters. The maximum atomic E-state index is 11.9. The van der Waals surface area contributed by atoms with Crippen molar-refractivity contribution < 1.29 is 4.79 Å². The fourth-order valence-electron chi connectivity index (χ4n) is 2.95. The van der Waals surface area contributed by atoms with Crippen LogP contribution in [0.2, 0.25) is 5.02 Å². The van der Waals surface area contributed by atoms with Crippen LogP contribution in [-0.4, -0.2) is 25.5 Å². The highest BCUT2D eigenvalue weighted by molar-refractivity contribution is 14.0. The number of rotatable bonds is 4. The summed E-state index contributed by atoms with van der Waals surface area (Å²) in [6.07, 6.45) is 0.464. The van der Waals surface area contributed by atoms with Crippen LogP contribution >= 0.6 is 35.6 Å². The molecule has 1 amide bonds. The van der Waals surface area contributed by atoms with Crippen molar-refractivity contribution in [2.45, 2.75) is 18.9 Å². The second-order valence-electron chi connectivity index (χ2n) is 5.93. The van der Waals surface area contributed by atoms with Crippen LogP contribution in [0.5, 0.6) is 0 Å². The molecule has 1 atom stereocenters. The molecule has 0 aromatic heterocycles. The molecule has 1 aliphatic heterocycles. The number of hydrogen-bond donors (Lipinski definition) is 3. The minimum absolute atomic E-state index is 0. The van der Waals surface area contributed by atoms with E-state index < -0.39 is 0 Å². The number of hydrogen-bond acceptors (Lipinski definition) is 2. The van der Waals surface area contributed by atoms with Crippen molar-refractivity contribution in [3.05, 3.63) is 64.7 Å². The van der Waals surface area contributed by atoms with Crippen LogP contribution < -0.4 is 16.0 Å². The van der Waals surface area contributed by atoms with Gasteiger partial charge >= 0.3 is 0 Å². The van der Waals surface area contributed by atoms with E-state index in [0.717, 1.165) is 21.8 Å². The second kappa shape index (κ2) is 9.78. The minimum atomic E-state index is 0. The van der Waals surface area contributed by atoms with E-state index in [9.17, 15) is 4.79 Å². The Morgan fingerprint density at radius 3 is 2.69 bits per heavy atom. The summed E-state index contributed by atoms with van der Waals surface area (Å²) in [5.74, 6) is 0.844. The van der Waals surface area contributed by atoms with Gasteiger partial charge in [-0.1, -0.05) is 48.0 Å². The zero-order valence-electron chi connectivity index (χ0n) is 14.5. The average molecular weight is 485 g/mol. The number of aliphatic imine (C=N–C) groups is 1. The van der Waals surface area contributed by atoms with Gasteiger partial charge in [0.1, 0.15) is 0 Å². The lowest BCUT2D eigenvalue weighted by molar-refractivity contribution is -0.116. The molecule has 5 nitrogen and oxygen atoms in total. The third-order valence-corrected chi connectivity index (χ3v) is 4.62. The van der Waals surface area contributed by atoms with E-state index in [1.165, 1.54) is 0 Å². The van der Waals surface area contributed by atoms with Crippen molar-refractivity contribution in [3.63, 3.8) is 0 Å². The molecule has 0 fully saturated rings. The number of para-hydroxylation sites is 1. The first kappa shape index (κ1) is 20.5. The number of guanidine groups is 1. The number of fused-ring (bicyclic) bond motifs is 1. The summed E-state index contributed by atoms with van der Waals surface area (Å²) in [7, 11) is 1.73. The highest BCUT2D eigenvalue weighted by Crippen LogP contribution is 2.31. The van der Waals surface area contributed by atoms with E-state index in [-0.39, 0.29) is 35.8 Å². The van der Waals surface area contributed by atoms with Gasteiger partial charge in [0.2, 0.25) is 5.91 Å². The Labute approximate surface area is 175 Å². The van der Waals surface area contributed by atoms with Crippen molar-refractivity contribution in [3.8, 4) is 0 Å². The number of benzene rings is 2. The van der Waals surface area contributed by atoms with Gasteiger partial charge in [0.15, 0.2) is 5.96 Å². The van der Waals surface area contributed by atoms with Gasteiger partial charge in [0.25, 0.3) is 0 Å².